The number of nitrogens with zero attached hydrogens (tertiary/aromatic N) is 1. The highest BCUT2D eigenvalue weighted by atomic mass is 32.2. The summed E-state index contributed by atoms with van der Waals surface area (Å²) in [5.74, 6) is -0.472. The van der Waals surface area contributed by atoms with E-state index in [2.05, 4.69) is 10.3 Å². The molecule has 0 fully saturated rings. The number of hydrogen-bond donors (Lipinski definition) is 2. The number of thiazole rings is 1. The molecule has 1 unspecified atom stereocenters. The highest BCUT2D eigenvalue weighted by molar-refractivity contribution is 8.00. The first-order valence-corrected chi connectivity index (χ1v) is 10.9. The summed E-state index contributed by atoms with van der Waals surface area (Å²) in [6.07, 6.45) is 0. The molecule has 1 amide bonds. The van der Waals surface area contributed by atoms with Gasteiger partial charge in [-0.25, -0.2) is 9.37 Å². The normalized spacial score (nSPS) is 11.8. The number of rotatable bonds is 6. The van der Waals surface area contributed by atoms with Gasteiger partial charge in [-0.1, -0.05) is 36.4 Å². The molecule has 0 aliphatic rings. The lowest BCUT2D eigenvalue weighted by atomic mass is 10.1. The summed E-state index contributed by atoms with van der Waals surface area (Å²) in [4.78, 5) is 18.5. The predicted octanol–water partition coefficient (Wildman–Crippen LogP) is 6.00. The van der Waals surface area contributed by atoms with E-state index in [1.165, 1.54) is 35.2 Å². The summed E-state index contributed by atoms with van der Waals surface area (Å²) in [7, 11) is 0. The minimum atomic E-state index is -0.467. The fourth-order valence-corrected chi connectivity index (χ4v) is 4.70. The van der Waals surface area contributed by atoms with Crippen molar-refractivity contribution < 1.29 is 9.18 Å². The second kappa shape index (κ2) is 9.11. The highest BCUT2D eigenvalue weighted by Gasteiger charge is 2.23. The van der Waals surface area contributed by atoms with Gasteiger partial charge >= 0.3 is 0 Å². The third kappa shape index (κ3) is 4.87. The Hall–Kier alpha value is -3.16. The van der Waals surface area contributed by atoms with Crippen molar-refractivity contribution in [3.63, 3.8) is 0 Å². The van der Waals surface area contributed by atoms with E-state index >= 15 is 0 Å². The lowest BCUT2D eigenvalue weighted by molar-refractivity contribution is -0.115. The zero-order valence-electron chi connectivity index (χ0n) is 15.8. The number of aromatic nitrogens is 1. The van der Waals surface area contributed by atoms with Gasteiger partial charge in [-0.15, -0.1) is 23.1 Å². The van der Waals surface area contributed by atoms with Crippen LogP contribution >= 0.6 is 23.1 Å². The number of hydrogen-bond acceptors (Lipinski definition) is 5. The Bertz CT molecular complexity index is 1150. The summed E-state index contributed by atoms with van der Waals surface area (Å²) in [5.41, 5.74) is 8.91. The van der Waals surface area contributed by atoms with Crippen molar-refractivity contribution in [1.82, 2.24) is 4.98 Å². The molecule has 0 radical (unpaired) electrons. The van der Waals surface area contributed by atoms with E-state index in [1.54, 1.807) is 12.1 Å². The van der Waals surface area contributed by atoms with Crippen molar-refractivity contribution in [2.75, 3.05) is 11.1 Å². The van der Waals surface area contributed by atoms with Crippen LogP contribution < -0.4 is 11.1 Å². The molecule has 4 nitrogen and oxygen atoms in total. The monoisotopic (exact) mass is 435 g/mol. The van der Waals surface area contributed by atoms with Crippen LogP contribution in [0.4, 0.5) is 15.2 Å². The van der Waals surface area contributed by atoms with Gasteiger partial charge in [0.25, 0.3) is 0 Å². The predicted molar refractivity (Wildman–Crippen MR) is 122 cm³/mol. The number of nitrogens with two attached hydrogens (primary N) is 1. The number of anilines is 2. The van der Waals surface area contributed by atoms with Gasteiger partial charge in [-0.05, 0) is 48.0 Å². The van der Waals surface area contributed by atoms with Crippen LogP contribution in [-0.4, -0.2) is 10.9 Å². The number of thioether (sulfide) groups is 1. The van der Waals surface area contributed by atoms with Gasteiger partial charge in [0.2, 0.25) is 5.91 Å². The molecule has 1 atom stereocenters. The van der Waals surface area contributed by atoms with Gasteiger partial charge in [-0.3, -0.25) is 4.79 Å². The molecule has 0 bridgehead atoms. The summed E-state index contributed by atoms with van der Waals surface area (Å²) in [6.45, 7) is 0. The topological polar surface area (TPSA) is 68.0 Å². The number of nitrogens with one attached hydrogen (secondary N) is 1. The van der Waals surface area contributed by atoms with Gasteiger partial charge in [-0.2, -0.15) is 0 Å². The number of benzene rings is 3. The van der Waals surface area contributed by atoms with E-state index < -0.39 is 5.25 Å². The third-order valence-electron chi connectivity index (χ3n) is 4.33. The molecule has 3 N–H and O–H groups in total. The highest BCUT2D eigenvalue weighted by Crippen LogP contribution is 2.37. The SMILES string of the molecule is Nc1cccc(SC(C(=O)Nc2nc(-c3ccc(F)cc3)cs2)c2ccccc2)c1. The summed E-state index contributed by atoms with van der Waals surface area (Å²) < 4.78 is 13.1. The Morgan fingerprint density at radius 2 is 1.80 bits per heavy atom. The molecule has 7 heteroatoms. The zero-order chi connectivity index (χ0) is 20.9. The minimum absolute atomic E-state index is 0.173. The van der Waals surface area contributed by atoms with Crippen LogP contribution in [0.25, 0.3) is 11.3 Å². The van der Waals surface area contributed by atoms with E-state index in [0.717, 1.165) is 16.0 Å². The van der Waals surface area contributed by atoms with Crippen LogP contribution in [-0.2, 0) is 4.79 Å². The Balaban J connectivity index is 1.55. The smallest absolute Gasteiger partial charge is 0.244 e. The largest absolute Gasteiger partial charge is 0.399 e. The summed E-state index contributed by atoms with van der Waals surface area (Å²) >= 11 is 2.76. The lowest BCUT2D eigenvalue weighted by Gasteiger charge is -2.16. The van der Waals surface area contributed by atoms with Crippen molar-refractivity contribution >= 4 is 39.8 Å². The molecule has 4 aromatic rings. The van der Waals surface area contributed by atoms with Crippen molar-refractivity contribution in [2.45, 2.75) is 10.1 Å². The molecule has 0 spiro atoms. The summed E-state index contributed by atoms with van der Waals surface area (Å²) in [5, 5.41) is 4.79. The van der Waals surface area contributed by atoms with Crippen molar-refractivity contribution in [3.05, 3.63) is 95.6 Å². The van der Waals surface area contributed by atoms with Crippen LogP contribution in [0, 0.1) is 5.82 Å². The van der Waals surface area contributed by atoms with E-state index in [0.29, 0.717) is 16.5 Å². The molecule has 1 aromatic heterocycles. The Morgan fingerprint density at radius 3 is 2.53 bits per heavy atom. The maximum Gasteiger partial charge on any atom is 0.244 e. The number of nitrogen functional groups attached to an aromatic ring is 1. The maximum absolute atomic E-state index is 13.1. The van der Waals surface area contributed by atoms with Crippen LogP contribution in [0.1, 0.15) is 10.8 Å². The molecule has 1 heterocycles. The van der Waals surface area contributed by atoms with E-state index in [4.69, 9.17) is 5.73 Å². The van der Waals surface area contributed by atoms with Gasteiger partial charge in [0.15, 0.2) is 5.13 Å². The molecular formula is C23H18FN3OS2. The van der Waals surface area contributed by atoms with Crippen molar-refractivity contribution in [1.29, 1.82) is 0 Å². The maximum atomic E-state index is 13.1. The first-order chi connectivity index (χ1) is 14.6. The van der Waals surface area contributed by atoms with E-state index in [1.807, 2.05) is 60.0 Å². The first kappa shape index (κ1) is 20.1. The number of halogens is 1. The molecule has 0 saturated carbocycles. The average molecular weight is 436 g/mol. The van der Waals surface area contributed by atoms with Crippen molar-refractivity contribution in [3.8, 4) is 11.3 Å². The molecule has 0 aliphatic carbocycles. The van der Waals surface area contributed by atoms with Crippen molar-refractivity contribution in [2.24, 2.45) is 0 Å². The fourth-order valence-electron chi connectivity index (χ4n) is 2.88. The molecule has 150 valence electrons. The van der Waals surface area contributed by atoms with E-state index in [-0.39, 0.29) is 11.7 Å². The Morgan fingerprint density at radius 1 is 1.03 bits per heavy atom. The third-order valence-corrected chi connectivity index (χ3v) is 6.33. The van der Waals surface area contributed by atoms with Crippen LogP contribution in [0.15, 0.2) is 89.1 Å². The quantitative estimate of drug-likeness (QED) is 0.288. The van der Waals surface area contributed by atoms with Crippen LogP contribution in [0.2, 0.25) is 0 Å². The fraction of sp³-hybridized carbons (Fsp3) is 0.0435. The van der Waals surface area contributed by atoms with E-state index in [9.17, 15) is 9.18 Å². The lowest BCUT2D eigenvalue weighted by Crippen LogP contribution is -2.19. The molecular weight excluding hydrogens is 417 g/mol. The van der Waals surface area contributed by atoms with Gasteiger partial charge in [0, 0.05) is 21.5 Å². The number of amides is 1. The molecule has 0 saturated heterocycles. The zero-order valence-corrected chi connectivity index (χ0v) is 17.4. The van der Waals surface area contributed by atoms with Crippen LogP contribution in [0.5, 0.6) is 0 Å². The first-order valence-electron chi connectivity index (χ1n) is 9.18. The van der Waals surface area contributed by atoms with Gasteiger partial charge in [0.1, 0.15) is 11.1 Å². The molecule has 30 heavy (non-hydrogen) atoms. The Labute approximate surface area is 182 Å². The molecule has 4 rings (SSSR count). The second-order valence-corrected chi connectivity index (χ2v) is 8.55. The summed E-state index contributed by atoms with van der Waals surface area (Å²) in [6, 6.07) is 23.2. The van der Waals surface area contributed by atoms with Gasteiger partial charge in [0.05, 0.1) is 5.69 Å². The molecule has 3 aromatic carbocycles. The van der Waals surface area contributed by atoms with Gasteiger partial charge < -0.3 is 11.1 Å². The molecule has 0 aliphatic heterocycles. The Kier molecular flexibility index (Phi) is 6.11. The van der Waals surface area contributed by atoms with Crippen LogP contribution in [0.3, 0.4) is 0 Å². The average Bonchev–Trinajstić information content (AvgIpc) is 3.21. The second-order valence-electron chi connectivity index (χ2n) is 6.52. The minimum Gasteiger partial charge on any atom is -0.399 e. The number of carbonyl (C=O) groups is 1. The standard InChI is InChI=1S/C23H18FN3OS2/c24-17-11-9-15(10-12-17)20-14-29-23(26-20)27-22(28)21(16-5-2-1-3-6-16)30-19-8-4-7-18(25)13-19/h1-14,21H,25H2,(H,26,27,28). The number of carbonyl (C=O) groups excluding carboxylic acids is 1.